The lowest BCUT2D eigenvalue weighted by molar-refractivity contribution is -0.137. The average molecular weight is 322 g/mol. The molecule has 2 aromatic rings. The van der Waals surface area contributed by atoms with Crippen molar-refractivity contribution in [1.29, 1.82) is 0 Å². The molecule has 4 heteroatoms. The zero-order chi connectivity index (χ0) is 17.4. The summed E-state index contributed by atoms with van der Waals surface area (Å²) < 4.78 is 38.1. The second kappa shape index (κ2) is 6.26. The van der Waals surface area contributed by atoms with Crippen LogP contribution in [0, 0.1) is 0 Å². The fourth-order valence-electron chi connectivity index (χ4n) is 2.60. The quantitative estimate of drug-likeness (QED) is 0.700. The van der Waals surface area contributed by atoms with Crippen molar-refractivity contribution in [2.45, 2.75) is 45.7 Å². The van der Waals surface area contributed by atoms with Crippen LogP contribution in [0.25, 0.3) is 11.1 Å². The van der Waals surface area contributed by atoms with Crippen LogP contribution in [0.3, 0.4) is 0 Å². The summed E-state index contributed by atoms with van der Waals surface area (Å²) in [4.78, 5) is 0. The molecule has 23 heavy (non-hydrogen) atoms. The Morgan fingerprint density at radius 2 is 1.43 bits per heavy atom. The molecule has 0 saturated heterocycles. The van der Waals surface area contributed by atoms with E-state index in [1.807, 2.05) is 33.8 Å². The van der Waals surface area contributed by atoms with Gasteiger partial charge in [0.15, 0.2) is 0 Å². The predicted octanol–water partition coefficient (Wildman–Crippen LogP) is 6.32. The largest absolute Gasteiger partial charge is 0.507 e. The van der Waals surface area contributed by atoms with E-state index in [1.165, 1.54) is 12.1 Å². The third-order valence-electron chi connectivity index (χ3n) is 3.96. The highest BCUT2D eigenvalue weighted by atomic mass is 19.4. The van der Waals surface area contributed by atoms with Crippen LogP contribution in [-0.4, -0.2) is 5.11 Å². The number of benzene rings is 2. The molecule has 124 valence electrons. The van der Waals surface area contributed by atoms with E-state index in [0.29, 0.717) is 11.1 Å². The van der Waals surface area contributed by atoms with Crippen molar-refractivity contribution in [3.63, 3.8) is 0 Å². The lowest BCUT2D eigenvalue weighted by atomic mass is 9.87. The van der Waals surface area contributed by atoms with Gasteiger partial charge < -0.3 is 5.11 Å². The van der Waals surface area contributed by atoms with Crippen molar-refractivity contribution in [3.05, 3.63) is 53.1 Å². The highest BCUT2D eigenvalue weighted by molar-refractivity contribution is 5.75. The van der Waals surface area contributed by atoms with E-state index >= 15 is 0 Å². The number of aromatic hydroxyl groups is 1. The maximum Gasteiger partial charge on any atom is 0.416 e. The van der Waals surface area contributed by atoms with Crippen LogP contribution >= 0.6 is 0 Å². The maximum absolute atomic E-state index is 12.7. The summed E-state index contributed by atoms with van der Waals surface area (Å²) in [5.74, 6) is 0.525. The minimum atomic E-state index is -4.36. The van der Waals surface area contributed by atoms with Crippen LogP contribution in [0.1, 0.15) is 56.2 Å². The first-order chi connectivity index (χ1) is 10.6. The summed E-state index contributed by atoms with van der Waals surface area (Å²) >= 11 is 0. The molecule has 0 spiro atoms. The first-order valence-corrected chi connectivity index (χ1v) is 7.65. The van der Waals surface area contributed by atoms with Crippen LogP contribution in [-0.2, 0) is 6.18 Å². The van der Waals surface area contributed by atoms with Crippen LogP contribution in [0.4, 0.5) is 13.2 Å². The SMILES string of the molecule is CC(C)c1cc(O)c(-c2ccc(C(F)(F)F)cc2)c(C(C)C)c1. The highest BCUT2D eigenvalue weighted by Crippen LogP contribution is 2.40. The van der Waals surface area contributed by atoms with Gasteiger partial charge in [-0.15, -0.1) is 0 Å². The van der Waals surface area contributed by atoms with Crippen molar-refractivity contribution in [3.8, 4) is 16.9 Å². The topological polar surface area (TPSA) is 20.2 Å². The van der Waals surface area contributed by atoms with E-state index in [1.54, 1.807) is 6.07 Å². The summed E-state index contributed by atoms with van der Waals surface area (Å²) in [6.07, 6.45) is -4.36. The van der Waals surface area contributed by atoms with Crippen molar-refractivity contribution in [2.75, 3.05) is 0 Å². The lowest BCUT2D eigenvalue weighted by Gasteiger charge is -2.19. The van der Waals surface area contributed by atoms with Crippen molar-refractivity contribution < 1.29 is 18.3 Å². The number of hydrogen-bond donors (Lipinski definition) is 1. The van der Waals surface area contributed by atoms with Gasteiger partial charge in [0, 0.05) is 5.56 Å². The average Bonchev–Trinajstić information content (AvgIpc) is 2.45. The van der Waals surface area contributed by atoms with Gasteiger partial charge in [0.25, 0.3) is 0 Å². The molecule has 0 heterocycles. The van der Waals surface area contributed by atoms with E-state index < -0.39 is 11.7 Å². The molecule has 0 aliphatic rings. The number of alkyl halides is 3. The molecule has 0 aromatic heterocycles. The monoisotopic (exact) mass is 322 g/mol. The van der Waals surface area contributed by atoms with Gasteiger partial charge in [0.05, 0.1) is 5.56 Å². The zero-order valence-corrected chi connectivity index (χ0v) is 13.7. The maximum atomic E-state index is 12.7. The third-order valence-corrected chi connectivity index (χ3v) is 3.96. The molecule has 1 nitrogen and oxygen atoms in total. The zero-order valence-electron chi connectivity index (χ0n) is 13.7. The van der Waals surface area contributed by atoms with Crippen LogP contribution < -0.4 is 0 Å². The Kier molecular flexibility index (Phi) is 4.73. The standard InChI is InChI=1S/C19H21F3O/c1-11(2)14-9-16(12(3)4)18(17(23)10-14)13-5-7-15(8-6-13)19(20,21)22/h5-12,23H,1-4H3. The van der Waals surface area contributed by atoms with Gasteiger partial charge in [-0.3, -0.25) is 0 Å². The molecule has 2 aromatic carbocycles. The smallest absolute Gasteiger partial charge is 0.416 e. The van der Waals surface area contributed by atoms with Gasteiger partial charge in [-0.1, -0.05) is 45.9 Å². The fourth-order valence-corrected chi connectivity index (χ4v) is 2.60. The summed E-state index contributed by atoms with van der Waals surface area (Å²) in [6.45, 7) is 8.09. The Labute approximate surface area is 134 Å². The van der Waals surface area contributed by atoms with Crippen LogP contribution in [0.5, 0.6) is 5.75 Å². The van der Waals surface area contributed by atoms with Gasteiger partial charge in [0.1, 0.15) is 5.75 Å². The van der Waals surface area contributed by atoms with Gasteiger partial charge >= 0.3 is 6.18 Å². The molecular weight excluding hydrogens is 301 g/mol. The minimum absolute atomic E-state index is 0.111. The van der Waals surface area contributed by atoms with E-state index in [-0.39, 0.29) is 17.6 Å². The first-order valence-electron chi connectivity index (χ1n) is 7.65. The molecule has 0 aliphatic heterocycles. The number of hydrogen-bond acceptors (Lipinski definition) is 1. The number of phenolic OH excluding ortho intramolecular Hbond substituents is 1. The molecule has 0 saturated carbocycles. The predicted molar refractivity (Wildman–Crippen MR) is 86.7 cm³/mol. The summed E-state index contributed by atoms with van der Waals surface area (Å²) in [7, 11) is 0. The fraction of sp³-hybridized carbons (Fsp3) is 0.368. The number of phenols is 1. The lowest BCUT2D eigenvalue weighted by Crippen LogP contribution is -2.04. The van der Waals surface area contributed by atoms with Crippen molar-refractivity contribution in [1.82, 2.24) is 0 Å². The van der Waals surface area contributed by atoms with Gasteiger partial charge in [-0.2, -0.15) is 13.2 Å². The molecule has 2 rings (SSSR count). The van der Waals surface area contributed by atoms with E-state index in [4.69, 9.17) is 0 Å². The number of rotatable bonds is 3. The Morgan fingerprint density at radius 3 is 1.87 bits per heavy atom. The summed E-state index contributed by atoms with van der Waals surface area (Å²) in [5.41, 5.74) is 2.47. The van der Waals surface area contributed by atoms with Crippen LogP contribution in [0.2, 0.25) is 0 Å². The Hall–Kier alpha value is -1.97. The molecule has 0 atom stereocenters. The van der Waals surface area contributed by atoms with Gasteiger partial charge in [-0.05, 0) is 46.7 Å². The molecule has 0 unspecified atom stereocenters. The molecule has 0 bridgehead atoms. The van der Waals surface area contributed by atoms with E-state index in [0.717, 1.165) is 23.3 Å². The van der Waals surface area contributed by atoms with Crippen molar-refractivity contribution >= 4 is 0 Å². The van der Waals surface area contributed by atoms with Gasteiger partial charge in [0.2, 0.25) is 0 Å². The molecule has 1 N–H and O–H groups in total. The molecular formula is C19H21F3O. The van der Waals surface area contributed by atoms with Crippen LogP contribution in [0.15, 0.2) is 36.4 Å². The molecule has 0 aliphatic carbocycles. The molecule has 0 fully saturated rings. The Balaban J connectivity index is 2.58. The van der Waals surface area contributed by atoms with E-state index in [9.17, 15) is 18.3 Å². The number of halogens is 3. The molecule has 0 radical (unpaired) electrons. The summed E-state index contributed by atoms with van der Waals surface area (Å²) in [6, 6.07) is 8.66. The third kappa shape index (κ3) is 3.69. The minimum Gasteiger partial charge on any atom is -0.507 e. The Morgan fingerprint density at radius 1 is 0.870 bits per heavy atom. The second-order valence-electron chi connectivity index (χ2n) is 6.39. The van der Waals surface area contributed by atoms with Gasteiger partial charge in [-0.25, -0.2) is 0 Å². The van der Waals surface area contributed by atoms with Crippen molar-refractivity contribution in [2.24, 2.45) is 0 Å². The first kappa shape index (κ1) is 17.4. The van der Waals surface area contributed by atoms with E-state index in [2.05, 4.69) is 0 Å². The Bertz CT molecular complexity index is 683. The molecule has 0 amide bonds. The second-order valence-corrected chi connectivity index (χ2v) is 6.39. The summed E-state index contributed by atoms with van der Waals surface area (Å²) in [5, 5.41) is 10.4. The normalized spacial score (nSPS) is 12.2. The highest BCUT2D eigenvalue weighted by Gasteiger charge is 2.30.